The van der Waals surface area contributed by atoms with Crippen LogP contribution in [-0.4, -0.2) is 12.2 Å². The van der Waals surface area contributed by atoms with Crippen LogP contribution in [0.5, 0.6) is 11.5 Å². The summed E-state index contributed by atoms with van der Waals surface area (Å²) in [5.74, 6) is 3.50. The van der Waals surface area contributed by atoms with E-state index in [9.17, 15) is 0 Å². The number of ether oxygens (including phenoxy) is 2. The maximum Gasteiger partial charge on any atom is 0.124 e. The molecule has 35 heavy (non-hydrogen) atoms. The Morgan fingerprint density at radius 1 is 0.629 bits per heavy atom. The zero-order valence-electron chi connectivity index (χ0n) is 21.4. The standard InChI is InChI=1S/C33H36O2/c1-20(2)34-30-18-24-10-5-7-14-26(24)32-28(30)16-22-12-9-13-23(22)17-29-31(35-21(3)4)19-25-11-6-8-15-27(25)33(29)32/h5-8,10-11,14-15,18-23H,9,12-13,16-17H2,1-4H3. The Hall–Kier alpha value is -3.00. The first-order valence-corrected chi connectivity index (χ1v) is 13.4. The van der Waals surface area contributed by atoms with Gasteiger partial charge in [0.05, 0.1) is 12.2 Å². The Morgan fingerprint density at radius 3 is 1.49 bits per heavy atom. The highest BCUT2D eigenvalue weighted by molar-refractivity contribution is 6.09. The second-order valence-electron chi connectivity index (χ2n) is 11.1. The van der Waals surface area contributed by atoms with Gasteiger partial charge in [-0.05, 0) is 110 Å². The molecule has 0 heterocycles. The molecule has 0 N–H and O–H groups in total. The molecule has 1 saturated carbocycles. The van der Waals surface area contributed by atoms with Gasteiger partial charge in [0.2, 0.25) is 0 Å². The maximum absolute atomic E-state index is 6.56. The van der Waals surface area contributed by atoms with E-state index in [-0.39, 0.29) is 12.2 Å². The third-order valence-electron chi connectivity index (χ3n) is 7.96. The molecule has 2 atom stereocenters. The van der Waals surface area contributed by atoms with Crippen LogP contribution >= 0.6 is 0 Å². The van der Waals surface area contributed by atoms with Gasteiger partial charge in [-0.15, -0.1) is 0 Å². The van der Waals surface area contributed by atoms with Gasteiger partial charge in [-0.25, -0.2) is 0 Å². The summed E-state index contributed by atoms with van der Waals surface area (Å²) in [7, 11) is 0. The number of hydrogen-bond donors (Lipinski definition) is 0. The molecule has 2 unspecified atom stereocenters. The highest BCUT2D eigenvalue weighted by Crippen LogP contribution is 2.51. The molecular formula is C33H36O2. The Bertz CT molecular complexity index is 1290. The number of rotatable bonds is 4. The van der Waals surface area contributed by atoms with E-state index in [2.05, 4.69) is 88.4 Å². The van der Waals surface area contributed by atoms with Crippen molar-refractivity contribution in [2.75, 3.05) is 0 Å². The number of benzene rings is 4. The summed E-state index contributed by atoms with van der Waals surface area (Å²) in [6, 6.07) is 22.3. The van der Waals surface area contributed by atoms with Gasteiger partial charge in [0.15, 0.2) is 0 Å². The summed E-state index contributed by atoms with van der Waals surface area (Å²) in [6.45, 7) is 8.56. The fourth-order valence-corrected chi connectivity index (χ4v) is 6.60. The molecule has 2 nitrogen and oxygen atoms in total. The van der Waals surface area contributed by atoms with Crippen LogP contribution in [0, 0.1) is 11.8 Å². The third kappa shape index (κ3) is 3.97. The normalized spacial score (nSPS) is 19.4. The van der Waals surface area contributed by atoms with Crippen LogP contribution in [0.4, 0.5) is 0 Å². The topological polar surface area (TPSA) is 18.5 Å². The van der Waals surface area contributed by atoms with Crippen molar-refractivity contribution in [3.05, 3.63) is 71.8 Å². The molecule has 4 aromatic carbocycles. The van der Waals surface area contributed by atoms with E-state index < -0.39 is 0 Å². The molecule has 0 aliphatic heterocycles. The number of fused-ring (bicyclic) bond motifs is 8. The van der Waals surface area contributed by atoms with Crippen molar-refractivity contribution in [3.8, 4) is 22.6 Å². The van der Waals surface area contributed by atoms with Crippen LogP contribution in [-0.2, 0) is 12.8 Å². The Labute approximate surface area is 209 Å². The molecule has 0 radical (unpaired) electrons. The predicted molar refractivity (Wildman–Crippen MR) is 147 cm³/mol. The van der Waals surface area contributed by atoms with Gasteiger partial charge in [-0.2, -0.15) is 0 Å². The van der Waals surface area contributed by atoms with Crippen molar-refractivity contribution < 1.29 is 9.47 Å². The molecular weight excluding hydrogens is 428 g/mol. The molecule has 6 rings (SSSR count). The van der Waals surface area contributed by atoms with Crippen LogP contribution in [0.15, 0.2) is 60.7 Å². The van der Waals surface area contributed by atoms with E-state index in [1.54, 1.807) is 0 Å². The lowest BCUT2D eigenvalue weighted by molar-refractivity contribution is 0.235. The zero-order valence-corrected chi connectivity index (χ0v) is 21.4. The molecule has 2 heteroatoms. The average Bonchev–Trinajstić information content (AvgIpc) is 3.24. The largest absolute Gasteiger partial charge is 0.491 e. The SMILES string of the molecule is CC(C)Oc1cc2ccccc2c2c1CC1CCCC1Cc1c(OC(C)C)cc3ccccc3c1-2. The van der Waals surface area contributed by atoms with Crippen LogP contribution in [0.3, 0.4) is 0 Å². The van der Waals surface area contributed by atoms with Crippen molar-refractivity contribution >= 4 is 21.5 Å². The molecule has 0 bridgehead atoms. The Kier molecular flexibility index (Phi) is 5.71. The molecule has 0 amide bonds. The molecule has 0 spiro atoms. The van der Waals surface area contributed by atoms with Gasteiger partial charge in [-0.1, -0.05) is 55.0 Å². The minimum absolute atomic E-state index is 0.136. The molecule has 2 aliphatic rings. The summed E-state index contributed by atoms with van der Waals surface area (Å²) >= 11 is 0. The summed E-state index contributed by atoms with van der Waals surface area (Å²) < 4.78 is 13.1. The summed E-state index contributed by atoms with van der Waals surface area (Å²) in [5, 5.41) is 5.14. The summed E-state index contributed by atoms with van der Waals surface area (Å²) in [5.41, 5.74) is 5.51. The van der Waals surface area contributed by atoms with Crippen molar-refractivity contribution in [2.45, 2.75) is 72.0 Å². The lowest BCUT2D eigenvalue weighted by Crippen LogP contribution is -2.20. The first-order chi connectivity index (χ1) is 17.0. The second kappa shape index (κ2) is 8.90. The van der Waals surface area contributed by atoms with Crippen molar-refractivity contribution in [1.82, 2.24) is 0 Å². The highest BCUT2D eigenvalue weighted by atomic mass is 16.5. The van der Waals surface area contributed by atoms with Gasteiger partial charge in [-0.3, -0.25) is 0 Å². The van der Waals surface area contributed by atoms with E-state index in [4.69, 9.17) is 9.47 Å². The van der Waals surface area contributed by atoms with Crippen LogP contribution < -0.4 is 9.47 Å². The van der Waals surface area contributed by atoms with Gasteiger partial charge >= 0.3 is 0 Å². The fraction of sp³-hybridized carbons (Fsp3) is 0.394. The van der Waals surface area contributed by atoms with E-state index in [1.807, 2.05) is 0 Å². The summed E-state index contributed by atoms with van der Waals surface area (Å²) in [4.78, 5) is 0. The van der Waals surface area contributed by atoms with Gasteiger partial charge < -0.3 is 9.47 Å². The molecule has 4 aromatic rings. The quantitative estimate of drug-likeness (QED) is 0.300. The Balaban J connectivity index is 1.78. The highest BCUT2D eigenvalue weighted by Gasteiger charge is 2.35. The van der Waals surface area contributed by atoms with E-state index >= 15 is 0 Å². The molecule has 180 valence electrons. The second-order valence-corrected chi connectivity index (χ2v) is 11.1. The minimum Gasteiger partial charge on any atom is -0.491 e. The Morgan fingerprint density at radius 2 is 1.06 bits per heavy atom. The lowest BCUT2D eigenvalue weighted by atomic mass is 9.75. The van der Waals surface area contributed by atoms with Crippen molar-refractivity contribution in [2.24, 2.45) is 11.8 Å². The first-order valence-electron chi connectivity index (χ1n) is 13.4. The van der Waals surface area contributed by atoms with Crippen LogP contribution in [0.2, 0.25) is 0 Å². The minimum atomic E-state index is 0.136. The fourth-order valence-electron chi connectivity index (χ4n) is 6.60. The van der Waals surface area contributed by atoms with E-state index in [0.29, 0.717) is 11.8 Å². The third-order valence-corrected chi connectivity index (χ3v) is 7.96. The predicted octanol–water partition coefficient (Wildman–Crippen LogP) is 8.75. The first kappa shape index (κ1) is 22.5. The van der Waals surface area contributed by atoms with E-state index in [1.165, 1.54) is 63.1 Å². The zero-order chi connectivity index (χ0) is 24.1. The smallest absolute Gasteiger partial charge is 0.124 e. The lowest BCUT2D eigenvalue weighted by Gasteiger charge is -2.31. The molecule has 0 saturated heterocycles. The maximum atomic E-state index is 6.56. The van der Waals surface area contributed by atoms with Gasteiger partial charge in [0.25, 0.3) is 0 Å². The van der Waals surface area contributed by atoms with Crippen LogP contribution in [0.25, 0.3) is 32.7 Å². The molecule has 1 fully saturated rings. The van der Waals surface area contributed by atoms with E-state index in [0.717, 1.165) is 24.3 Å². The van der Waals surface area contributed by atoms with Crippen molar-refractivity contribution in [3.63, 3.8) is 0 Å². The number of hydrogen-bond acceptors (Lipinski definition) is 2. The van der Waals surface area contributed by atoms with Crippen molar-refractivity contribution in [1.29, 1.82) is 0 Å². The summed E-state index contributed by atoms with van der Waals surface area (Å²) in [6.07, 6.45) is 6.39. The van der Waals surface area contributed by atoms with Crippen LogP contribution in [0.1, 0.15) is 58.1 Å². The van der Waals surface area contributed by atoms with Gasteiger partial charge in [0.1, 0.15) is 11.5 Å². The molecule has 2 aliphatic carbocycles. The monoisotopic (exact) mass is 464 g/mol. The van der Waals surface area contributed by atoms with Gasteiger partial charge in [0, 0.05) is 11.1 Å². The molecule has 0 aromatic heterocycles. The average molecular weight is 465 g/mol.